The van der Waals surface area contributed by atoms with Gasteiger partial charge in [0.1, 0.15) is 0 Å². The summed E-state index contributed by atoms with van der Waals surface area (Å²) in [5, 5.41) is 7.42. The van der Waals surface area contributed by atoms with E-state index >= 15 is 0 Å². The fourth-order valence-corrected chi connectivity index (χ4v) is 4.99. The molecule has 0 aromatic carbocycles. The highest BCUT2D eigenvalue weighted by atomic mass is 32.2. The molecular weight excluding hydrogens is 308 g/mol. The van der Waals surface area contributed by atoms with Gasteiger partial charge in [-0.1, -0.05) is 13.3 Å². The average Bonchev–Trinajstić information content (AvgIpc) is 2.59. The van der Waals surface area contributed by atoms with Crippen LogP contribution in [0.1, 0.15) is 45.4 Å². The molecule has 0 aromatic rings. The summed E-state index contributed by atoms with van der Waals surface area (Å²) < 4.78 is 12.1. The monoisotopic (exact) mass is 342 g/mol. The van der Waals surface area contributed by atoms with Gasteiger partial charge >= 0.3 is 0 Å². The Morgan fingerprint density at radius 1 is 1.26 bits per heavy atom. The zero-order valence-electron chi connectivity index (χ0n) is 15.0. The molecule has 0 radical (unpaired) electrons. The number of piperidine rings is 1. The summed E-state index contributed by atoms with van der Waals surface area (Å²) in [7, 11) is 3.37. The van der Waals surface area contributed by atoms with E-state index in [0.29, 0.717) is 11.3 Å². The molecule has 1 aliphatic carbocycles. The second-order valence-corrected chi connectivity index (χ2v) is 9.00. The van der Waals surface area contributed by atoms with Crippen LogP contribution in [0.4, 0.5) is 0 Å². The Morgan fingerprint density at radius 3 is 2.65 bits per heavy atom. The van der Waals surface area contributed by atoms with E-state index in [2.05, 4.69) is 27.6 Å². The molecule has 5 nitrogen and oxygen atoms in total. The van der Waals surface area contributed by atoms with E-state index in [1.165, 1.54) is 32.4 Å². The third-order valence-corrected chi connectivity index (χ3v) is 6.98. The molecule has 3 unspecified atom stereocenters. The van der Waals surface area contributed by atoms with Crippen molar-refractivity contribution in [2.75, 3.05) is 39.5 Å². The maximum absolute atomic E-state index is 12.1. The highest BCUT2D eigenvalue weighted by Gasteiger charge is 2.26. The van der Waals surface area contributed by atoms with Gasteiger partial charge in [-0.15, -0.1) is 0 Å². The molecule has 2 fully saturated rings. The minimum absolute atomic E-state index is 0.359. The quantitative estimate of drug-likeness (QED) is 0.588. The van der Waals surface area contributed by atoms with Crippen molar-refractivity contribution in [2.24, 2.45) is 10.9 Å². The summed E-state index contributed by atoms with van der Waals surface area (Å²) in [4.78, 5) is 6.78. The number of nitrogens with one attached hydrogen (secondary N) is 2. The zero-order chi connectivity index (χ0) is 16.7. The Morgan fingerprint density at radius 2 is 2.00 bits per heavy atom. The van der Waals surface area contributed by atoms with Crippen LogP contribution in [0.15, 0.2) is 4.99 Å². The van der Waals surface area contributed by atoms with Crippen molar-refractivity contribution < 1.29 is 4.21 Å². The predicted molar refractivity (Wildman–Crippen MR) is 99.4 cm³/mol. The van der Waals surface area contributed by atoms with Crippen LogP contribution in [0, 0.1) is 5.92 Å². The molecule has 1 heterocycles. The van der Waals surface area contributed by atoms with Gasteiger partial charge in [0.2, 0.25) is 0 Å². The number of likely N-dealkylation sites (tertiary alicyclic amines) is 1. The van der Waals surface area contributed by atoms with Crippen LogP contribution in [-0.2, 0) is 10.8 Å². The Bertz CT molecular complexity index is 407. The van der Waals surface area contributed by atoms with Gasteiger partial charge in [0.15, 0.2) is 5.96 Å². The van der Waals surface area contributed by atoms with Gasteiger partial charge in [-0.2, -0.15) is 0 Å². The molecule has 0 amide bonds. The summed E-state index contributed by atoms with van der Waals surface area (Å²) in [6.07, 6.45) is 6.98. The molecule has 0 bridgehead atoms. The highest BCUT2D eigenvalue weighted by Crippen LogP contribution is 2.23. The van der Waals surface area contributed by atoms with Gasteiger partial charge in [0, 0.05) is 41.4 Å². The number of hydrogen-bond donors (Lipinski definition) is 2. The van der Waals surface area contributed by atoms with Crippen LogP contribution >= 0.6 is 0 Å². The van der Waals surface area contributed by atoms with Crippen molar-refractivity contribution in [1.29, 1.82) is 0 Å². The predicted octanol–water partition coefficient (Wildman–Crippen LogP) is 1.57. The summed E-state index contributed by atoms with van der Waals surface area (Å²) >= 11 is 0. The third-order valence-electron chi connectivity index (χ3n) is 5.24. The van der Waals surface area contributed by atoms with Gasteiger partial charge in [0.25, 0.3) is 0 Å². The number of nitrogens with zero attached hydrogens (tertiary/aromatic N) is 2. The van der Waals surface area contributed by atoms with E-state index in [1.54, 1.807) is 0 Å². The first-order valence-electron chi connectivity index (χ1n) is 9.15. The molecule has 6 heteroatoms. The van der Waals surface area contributed by atoms with Gasteiger partial charge in [-0.05, 0) is 58.2 Å². The Balaban J connectivity index is 1.74. The van der Waals surface area contributed by atoms with E-state index < -0.39 is 10.8 Å². The zero-order valence-corrected chi connectivity index (χ0v) is 15.8. The molecule has 1 saturated carbocycles. The van der Waals surface area contributed by atoms with Gasteiger partial charge in [-0.3, -0.25) is 9.20 Å². The fourth-order valence-electron chi connectivity index (χ4n) is 3.65. The molecule has 1 saturated heterocycles. The molecule has 2 N–H and O–H groups in total. The fraction of sp³-hybridized carbons (Fsp3) is 0.941. The van der Waals surface area contributed by atoms with Crippen LogP contribution in [-0.4, -0.2) is 65.8 Å². The smallest absolute Gasteiger partial charge is 0.191 e. The summed E-state index contributed by atoms with van der Waals surface area (Å²) in [6.45, 7) is 5.43. The van der Waals surface area contributed by atoms with Crippen LogP contribution in [0.5, 0.6) is 0 Å². The summed E-state index contributed by atoms with van der Waals surface area (Å²) in [6, 6.07) is 0.410. The first kappa shape index (κ1) is 18.7. The first-order valence-corrected chi connectivity index (χ1v) is 10.5. The lowest BCUT2D eigenvalue weighted by molar-refractivity contribution is 0.220. The van der Waals surface area contributed by atoms with E-state index in [9.17, 15) is 4.21 Å². The van der Waals surface area contributed by atoms with Gasteiger partial charge in [0.05, 0.1) is 0 Å². The molecule has 1 aliphatic heterocycles. The van der Waals surface area contributed by atoms with Crippen LogP contribution in [0.3, 0.4) is 0 Å². The summed E-state index contributed by atoms with van der Waals surface area (Å²) in [5.74, 6) is 2.44. The Labute approximate surface area is 144 Å². The van der Waals surface area contributed by atoms with Crippen molar-refractivity contribution >= 4 is 16.8 Å². The highest BCUT2D eigenvalue weighted by molar-refractivity contribution is 7.85. The maximum Gasteiger partial charge on any atom is 0.191 e. The van der Waals surface area contributed by atoms with Crippen LogP contribution < -0.4 is 10.6 Å². The minimum atomic E-state index is -0.667. The number of aliphatic imine (C=N–C) groups is 1. The molecule has 2 aliphatic rings. The van der Waals surface area contributed by atoms with Crippen LogP contribution in [0.25, 0.3) is 0 Å². The van der Waals surface area contributed by atoms with E-state index in [4.69, 9.17) is 0 Å². The minimum Gasteiger partial charge on any atom is -0.356 e. The lowest BCUT2D eigenvalue weighted by Gasteiger charge is -2.32. The van der Waals surface area contributed by atoms with Crippen molar-refractivity contribution in [3.8, 4) is 0 Å². The molecule has 23 heavy (non-hydrogen) atoms. The second-order valence-electron chi connectivity index (χ2n) is 7.00. The molecule has 2 rings (SSSR count). The van der Waals surface area contributed by atoms with Crippen molar-refractivity contribution in [1.82, 2.24) is 15.5 Å². The van der Waals surface area contributed by atoms with Crippen LogP contribution in [0.2, 0.25) is 0 Å². The maximum atomic E-state index is 12.1. The van der Waals surface area contributed by atoms with Crippen molar-refractivity contribution in [3.63, 3.8) is 0 Å². The normalized spacial score (nSPS) is 29.3. The van der Waals surface area contributed by atoms with E-state index in [0.717, 1.165) is 43.4 Å². The Kier molecular flexibility index (Phi) is 7.83. The summed E-state index contributed by atoms with van der Waals surface area (Å²) in [5.41, 5.74) is 0. The van der Waals surface area contributed by atoms with Crippen molar-refractivity contribution in [2.45, 2.75) is 56.7 Å². The first-order chi connectivity index (χ1) is 11.1. The number of rotatable bonds is 5. The Hall–Kier alpha value is -0.620. The lowest BCUT2D eigenvalue weighted by Crippen LogP contribution is -2.48. The standard InChI is InChI=1S/C17H34N4OS/c1-4-23(22)16-7-5-6-15(12-16)20-17(18-2)19-13-14-8-10-21(3)11-9-14/h14-16H,4-13H2,1-3H3,(H2,18,19,20). The molecule has 0 aromatic heterocycles. The largest absolute Gasteiger partial charge is 0.356 e. The van der Waals surface area contributed by atoms with Gasteiger partial charge in [-0.25, -0.2) is 0 Å². The number of guanidine groups is 1. The van der Waals surface area contributed by atoms with E-state index in [1.807, 2.05) is 14.0 Å². The third kappa shape index (κ3) is 6.07. The number of hydrogen-bond acceptors (Lipinski definition) is 3. The van der Waals surface area contributed by atoms with E-state index in [-0.39, 0.29) is 0 Å². The lowest BCUT2D eigenvalue weighted by atomic mass is 9.95. The van der Waals surface area contributed by atoms with Gasteiger partial charge < -0.3 is 15.5 Å². The molecule has 3 atom stereocenters. The SMILES string of the molecule is CCS(=O)C1CCCC(NC(=NC)NCC2CCN(C)CC2)C1. The average molecular weight is 343 g/mol. The van der Waals surface area contributed by atoms with Crippen molar-refractivity contribution in [3.05, 3.63) is 0 Å². The molecular formula is C17H34N4OS. The topological polar surface area (TPSA) is 56.7 Å². The molecule has 134 valence electrons. The molecule has 0 spiro atoms. The second kappa shape index (κ2) is 9.62.